The molecule has 1 saturated heterocycles. The van der Waals surface area contributed by atoms with Crippen molar-refractivity contribution in [3.63, 3.8) is 0 Å². The lowest BCUT2D eigenvalue weighted by atomic mass is 9.95. The van der Waals surface area contributed by atoms with Gasteiger partial charge in [0.1, 0.15) is 30.5 Å². The second-order valence-corrected chi connectivity index (χ2v) is 9.20. The standard InChI is InChI=1S/C28H20N2O6S/c31-25(18-9-10-21-22(16-18)35-13-12-34-21)23-24(30(27(33)26(23)32)28-29-11-14-37-28)17-5-4-8-20(15-17)36-19-6-2-1-3-7-19/h1-11,14-16,24,31H,12-13H2/b25-23+. The zero-order chi connectivity index (χ0) is 25.4. The summed E-state index contributed by atoms with van der Waals surface area (Å²) < 4.78 is 17.2. The molecule has 1 atom stereocenters. The van der Waals surface area contributed by atoms with Crippen LogP contribution in [0.25, 0.3) is 5.76 Å². The first-order chi connectivity index (χ1) is 18.1. The third kappa shape index (κ3) is 4.19. The van der Waals surface area contributed by atoms with Crippen LogP contribution in [0.5, 0.6) is 23.0 Å². The topological polar surface area (TPSA) is 98.2 Å². The Morgan fingerprint density at radius 3 is 2.51 bits per heavy atom. The van der Waals surface area contributed by atoms with Gasteiger partial charge in [-0.2, -0.15) is 0 Å². The summed E-state index contributed by atoms with van der Waals surface area (Å²) in [5.41, 5.74) is 0.874. The van der Waals surface area contributed by atoms with Crippen molar-refractivity contribution in [1.82, 2.24) is 4.98 Å². The molecule has 3 aromatic carbocycles. The molecule has 1 N–H and O–H groups in total. The van der Waals surface area contributed by atoms with Gasteiger partial charge in [-0.05, 0) is 48.0 Å². The van der Waals surface area contributed by atoms with Gasteiger partial charge in [0.2, 0.25) is 0 Å². The molecule has 37 heavy (non-hydrogen) atoms. The molecular weight excluding hydrogens is 492 g/mol. The van der Waals surface area contributed by atoms with Crippen LogP contribution in [0.15, 0.2) is 89.9 Å². The SMILES string of the molecule is O=C1C(=O)N(c2nccs2)C(c2cccc(Oc3ccccc3)c2)/C1=C(\O)c1ccc2c(c1)OCCO2. The minimum absolute atomic E-state index is 0.0475. The van der Waals surface area contributed by atoms with Crippen LogP contribution in [0.2, 0.25) is 0 Å². The summed E-state index contributed by atoms with van der Waals surface area (Å²) >= 11 is 1.23. The van der Waals surface area contributed by atoms with Gasteiger partial charge in [-0.1, -0.05) is 30.3 Å². The van der Waals surface area contributed by atoms with Gasteiger partial charge in [0.25, 0.3) is 5.78 Å². The number of fused-ring (bicyclic) bond motifs is 1. The largest absolute Gasteiger partial charge is 0.507 e. The van der Waals surface area contributed by atoms with Crippen LogP contribution in [-0.4, -0.2) is 35.0 Å². The van der Waals surface area contributed by atoms with Crippen molar-refractivity contribution in [2.24, 2.45) is 0 Å². The minimum atomic E-state index is -0.918. The summed E-state index contributed by atoms with van der Waals surface area (Å²) in [6.45, 7) is 0.804. The number of carbonyl (C=O) groups excluding carboxylic acids is 2. The fraction of sp³-hybridized carbons (Fsp3) is 0.107. The molecule has 0 bridgehead atoms. The van der Waals surface area contributed by atoms with Gasteiger partial charge in [-0.25, -0.2) is 4.98 Å². The number of Topliss-reactive ketones (excluding diaryl/α,β-unsaturated/α-hetero) is 1. The number of carbonyl (C=O) groups is 2. The lowest BCUT2D eigenvalue weighted by Gasteiger charge is -2.23. The first-order valence-corrected chi connectivity index (χ1v) is 12.4. The fourth-order valence-electron chi connectivity index (χ4n) is 4.40. The number of hydrogen-bond acceptors (Lipinski definition) is 8. The maximum atomic E-state index is 13.4. The van der Waals surface area contributed by atoms with E-state index in [9.17, 15) is 14.7 Å². The molecule has 184 valence electrons. The van der Waals surface area contributed by atoms with E-state index in [0.29, 0.717) is 52.5 Å². The van der Waals surface area contributed by atoms with Gasteiger partial charge in [-0.15, -0.1) is 11.3 Å². The van der Waals surface area contributed by atoms with Crippen molar-refractivity contribution in [3.8, 4) is 23.0 Å². The van der Waals surface area contributed by atoms with Crippen molar-refractivity contribution in [3.05, 3.63) is 101 Å². The number of amides is 1. The molecule has 0 radical (unpaired) electrons. The highest BCUT2D eigenvalue weighted by molar-refractivity contribution is 7.14. The molecule has 2 aliphatic heterocycles. The molecule has 1 unspecified atom stereocenters. The first-order valence-electron chi connectivity index (χ1n) is 11.5. The number of thiazole rings is 1. The Morgan fingerprint density at radius 1 is 0.946 bits per heavy atom. The Hall–Kier alpha value is -4.63. The van der Waals surface area contributed by atoms with E-state index in [1.807, 2.05) is 30.3 Å². The number of ether oxygens (including phenoxy) is 3. The van der Waals surface area contributed by atoms with E-state index in [2.05, 4.69) is 4.98 Å². The maximum absolute atomic E-state index is 13.4. The number of nitrogens with zero attached hydrogens (tertiary/aromatic N) is 2. The van der Waals surface area contributed by atoms with E-state index < -0.39 is 17.7 Å². The van der Waals surface area contributed by atoms with E-state index in [1.54, 1.807) is 54.0 Å². The van der Waals surface area contributed by atoms with Gasteiger partial charge in [0.15, 0.2) is 16.6 Å². The number of hydrogen-bond donors (Lipinski definition) is 1. The molecule has 1 amide bonds. The summed E-state index contributed by atoms with van der Waals surface area (Å²) in [5.74, 6) is 0.286. The predicted octanol–water partition coefficient (Wildman–Crippen LogP) is 5.33. The van der Waals surface area contributed by atoms with E-state index in [1.165, 1.54) is 16.2 Å². The number of para-hydroxylation sites is 1. The Morgan fingerprint density at radius 2 is 1.73 bits per heavy atom. The van der Waals surface area contributed by atoms with Crippen LogP contribution < -0.4 is 19.1 Å². The van der Waals surface area contributed by atoms with Crippen LogP contribution in [0.4, 0.5) is 5.13 Å². The number of aliphatic hydroxyl groups excluding tert-OH is 1. The third-order valence-corrected chi connectivity index (χ3v) is 6.81. The molecule has 9 heteroatoms. The average molecular weight is 513 g/mol. The molecule has 1 fully saturated rings. The van der Waals surface area contributed by atoms with E-state index >= 15 is 0 Å². The Kier molecular flexibility index (Phi) is 5.82. The molecule has 0 aliphatic carbocycles. The van der Waals surface area contributed by atoms with Crippen LogP contribution in [-0.2, 0) is 9.59 Å². The predicted molar refractivity (Wildman–Crippen MR) is 137 cm³/mol. The second kappa shape index (κ2) is 9.44. The Labute approximate surface area is 216 Å². The molecular formula is C28H20N2O6S. The van der Waals surface area contributed by atoms with Crippen molar-refractivity contribution in [1.29, 1.82) is 0 Å². The quantitative estimate of drug-likeness (QED) is 0.219. The van der Waals surface area contributed by atoms with Gasteiger partial charge >= 0.3 is 5.91 Å². The lowest BCUT2D eigenvalue weighted by molar-refractivity contribution is -0.132. The normalized spacial score (nSPS) is 18.2. The smallest absolute Gasteiger partial charge is 0.301 e. The number of ketones is 1. The number of benzene rings is 3. The molecule has 2 aliphatic rings. The number of aromatic nitrogens is 1. The number of aliphatic hydroxyl groups is 1. The van der Waals surface area contributed by atoms with Crippen molar-refractivity contribution in [2.75, 3.05) is 18.1 Å². The molecule has 1 aromatic heterocycles. The van der Waals surface area contributed by atoms with Crippen LogP contribution in [0.3, 0.4) is 0 Å². The molecule has 8 nitrogen and oxygen atoms in total. The van der Waals surface area contributed by atoms with Crippen LogP contribution >= 0.6 is 11.3 Å². The molecule has 4 aromatic rings. The maximum Gasteiger partial charge on any atom is 0.301 e. The van der Waals surface area contributed by atoms with E-state index in [0.717, 1.165) is 0 Å². The number of anilines is 1. The van der Waals surface area contributed by atoms with Crippen LogP contribution in [0, 0.1) is 0 Å². The Balaban J connectivity index is 1.48. The second-order valence-electron chi connectivity index (χ2n) is 8.33. The van der Waals surface area contributed by atoms with Crippen molar-refractivity contribution < 1.29 is 28.9 Å². The highest BCUT2D eigenvalue weighted by Gasteiger charge is 2.48. The average Bonchev–Trinajstić information content (AvgIpc) is 3.55. The summed E-state index contributed by atoms with van der Waals surface area (Å²) in [7, 11) is 0. The fourth-order valence-corrected chi connectivity index (χ4v) is 5.07. The first kappa shape index (κ1) is 22.8. The van der Waals surface area contributed by atoms with Gasteiger partial charge in [-0.3, -0.25) is 14.5 Å². The molecule has 0 saturated carbocycles. The molecule has 6 rings (SSSR count). The van der Waals surface area contributed by atoms with Gasteiger partial charge < -0.3 is 19.3 Å². The highest BCUT2D eigenvalue weighted by Crippen LogP contribution is 2.44. The van der Waals surface area contributed by atoms with Gasteiger partial charge in [0, 0.05) is 17.1 Å². The lowest BCUT2D eigenvalue weighted by Crippen LogP contribution is -2.29. The molecule has 3 heterocycles. The van der Waals surface area contributed by atoms with Crippen LogP contribution in [0.1, 0.15) is 17.2 Å². The third-order valence-electron chi connectivity index (χ3n) is 6.04. The summed E-state index contributed by atoms with van der Waals surface area (Å²) in [5, 5.41) is 13.5. The zero-order valence-electron chi connectivity index (χ0n) is 19.4. The summed E-state index contributed by atoms with van der Waals surface area (Å²) in [6.07, 6.45) is 1.56. The highest BCUT2D eigenvalue weighted by atomic mass is 32.1. The zero-order valence-corrected chi connectivity index (χ0v) is 20.2. The summed E-state index contributed by atoms with van der Waals surface area (Å²) in [4.78, 5) is 32.2. The number of rotatable bonds is 5. The molecule has 0 spiro atoms. The monoisotopic (exact) mass is 512 g/mol. The van der Waals surface area contributed by atoms with E-state index in [-0.39, 0.29) is 11.3 Å². The van der Waals surface area contributed by atoms with Gasteiger partial charge in [0.05, 0.1) is 11.6 Å². The Bertz CT molecular complexity index is 1520. The van der Waals surface area contributed by atoms with E-state index in [4.69, 9.17) is 14.2 Å². The summed E-state index contributed by atoms with van der Waals surface area (Å²) in [6, 6.07) is 20.4. The van der Waals surface area contributed by atoms with Crippen molar-refractivity contribution >= 4 is 33.9 Å². The van der Waals surface area contributed by atoms with Crippen molar-refractivity contribution in [2.45, 2.75) is 6.04 Å². The minimum Gasteiger partial charge on any atom is -0.507 e.